The highest BCUT2D eigenvalue weighted by molar-refractivity contribution is 5.99. The van der Waals surface area contributed by atoms with Crippen molar-refractivity contribution in [3.63, 3.8) is 0 Å². The van der Waals surface area contributed by atoms with Crippen LogP contribution in [0.5, 0.6) is 0 Å². The fraction of sp³-hybridized carbons (Fsp3) is 0.364. The lowest BCUT2D eigenvalue weighted by atomic mass is 9.88. The van der Waals surface area contributed by atoms with Gasteiger partial charge in [0.25, 0.3) is 5.91 Å². The number of aromatic nitrogens is 1. The summed E-state index contributed by atoms with van der Waals surface area (Å²) in [6.07, 6.45) is 5.00. The summed E-state index contributed by atoms with van der Waals surface area (Å²) in [5.74, 6) is 0.0174. The Morgan fingerprint density at radius 3 is 2.19 bits per heavy atom. The Balaban J connectivity index is 1.06. The van der Waals surface area contributed by atoms with Crippen LogP contribution < -0.4 is 0 Å². The van der Waals surface area contributed by atoms with E-state index < -0.39 is 0 Å². The molecule has 0 aliphatic carbocycles. The number of carbonyl (C=O) groups excluding carboxylic acids is 3. The number of nitriles is 1. The van der Waals surface area contributed by atoms with Gasteiger partial charge in [0.15, 0.2) is 11.6 Å². The predicted molar refractivity (Wildman–Crippen MR) is 161 cm³/mol. The summed E-state index contributed by atoms with van der Waals surface area (Å²) in [6, 6.07) is 19.7. The molecular formula is C33H33N7O3. The molecule has 1 aromatic heterocycles. The van der Waals surface area contributed by atoms with Gasteiger partial charge in [0.1, 0.15) is 5.69 Å². The summed E-state index contributed by atoms with van der Waals surface area (Å²) in [5.41, 5.74) is 12.2. The molecule has 3 heterocycles. The number of benzene rings is 2. The largest absolute Gasteiger partial charge is 0.337 e. The van der Waals surface area contributed by atoms with Gasteiger partial charge < -0.3 is 4.90 Å². The summed E-state index contributed by atoms with van der Waals surface area (Å²) in [6.45, 7) is 3.61. The highest BCUT2D eigenvalue weighted by Crippen LogP contribution is 2.26. The minimum Gasteiger partial charge on any atom is -0.337 e. The van der Waals surface area contributed by atoms with Crippen LogP contribution in [0, 0.1) is 23.2 Å². The van der Waals surface area contributed by atoms with Crippen LogP contribution in [0.1, 0.15) is 74.4 Å². The van der Waals surface area contributed by atoms with Gasteiger partial charge in [0.05, 0.1) is 11.6 Å². The van der Waals surface area contributed by atoms with Crippen molar-refractivity contribution < 1.29 is 14.4 Å². The standard InChI is InChI=1S/C33H33N7O3/c34-20-24-1-3-25(4-2-24)22-39-15-11-23(12-16-39)19-31(41)28-7-10-30(36-21-28)33(43)40-17-13-27(14-18-40)32(42)26-5-8-29(9-6-26)37-38-35/h1-10,21,23,27H,11-19,22H2. The van der Waals surface area contributed by atoms with Crippen LogP contribution in [-0.4, -0.2) is 58.4 Å². The van der Waals surface area contributed by atoms with Crippen LogP contribution in [0.25, 0.3) is 10.4 Å². The summed E-state index contributed by atoms with van der Waals surface area (Å²) < 4.78 is 0. The molecular weight excluding hydrogens is 542 g/mol. The Hall–Kier alpha value is -4.84. The number of likely N-dealkylation sites (tertiary alicyclic amines) is 2. The molecule has 0 N–H and O–H groups in total. The molecule has 2 aliphatic rings. The number of amides is 1. The Bertz CT molecular complexity index is 1540. The van der Waals surface area contributed by atoms with E-state index in [4.69, 9.17) is 10.8 Å². The molecule has 2 fully saturated rings. The number of hydrogen-bond donors (Lipinski definition) is 0. The second-order valence-electron chi connectivity index (χ2n) is 11.3. The molecule has 2 aliphatic heterocycles. The normalized spacial score (nSPS) is 16.2. The van der Waals surface area contributed by atoms with E-state index in [0.717, 1.165) is 32.5 Å². The van der Waals surface area contributed by atoms with Crippen molar-refractivity contribution in [2.75, 3.05) is 26.2 Å². The van der Waals surface area contributed by atoms with Crippen molar-refractivity contribution in [3.05, 3.63) is 105 Å². The number of Topliss-reactive ketones (excluding diaryl/α,β-unsaturated/α-hetero) is 2. The lowest BCUT2D eigenvalue weighted by Gasteiger charge is -2.31. The monoisotopic (exact) mass is 575 g/mol. The molecule has 0 radical (unpaired) electrons. The maximum Gasteiger partial charge on any atom is 0.272 e. The second kappa shape index (κ2) is 13.9. The number of pyridine rings is 1. The number of hydrogen-bond acceptors (Lipinski definition) is 7. The molecule has 3 aromatic rings. The van der Waals surface area contributed by atoms with Crippen molar-refractivity contribution in [2.45, 2.75) is 38.6 Å². The first-order chi connectivity index (χ1) is 20.9. The van der Waals surface area contributed by atoms with Gasteiger partial charge in [-0.15, -0.1) is 0 Å². The van der Waals surface area contributed by atoms with Gasteiger partial charge in [-0.1, -0.05) is 41.5 Å². The highest BCUT2D eigenvalue weighted by Gasteiger charge is 2.29. The van der Waals surface area contributed by atoms with E-state index in [-0.39, 0.29) is 23.4 Å². The van der Waals surface area contributed by atoms with Crippen molar-refractivity contribution >= 4 is 23.2 Å². The fourth-order valence-electron chi connectivity index (χ4n) is 5.84. The van der Waals surface area contributed by atoms with Crippen molar-refractivity contribution in [1.82, 2.24) is 14.8 Å². The zero-order valence-electron chi connectivity index (χ0n) is 23.9. The van der Waals surface area contributed by atoms with Crippen LogP contribution in [0.15, 0.2) is 72.0 Å². The van der Waals surface area contributed by atoms with Crippen molar-refractivity contribution in [3.8, 4) is 6.07 Å². The van der Waals surface area contributed by atoms with Crippen LogP contribution in [0.2, 0.25) is 0 Å². The Kier molecular flexibility index (Phi) is 9.57. The molecule has 10 nitrogen and oxygen atoms in total. The molecule has 218 valence electrons. The minimum atomic E-state index is -0.196. The Morgan fingerprint density at radius 1 is 0.907 bits per heavy atom. The van der Waals surface area contributed by atoms with Gasteiger partial charge in [0, 0.05) is 59.9 Å². The van der Waals surface area contributed by atoms with E-state index in [1.165, 1.54) is 11.8 Å². The number of ketones is 2. The maximum atomic E-state index is 13.1. The molecule has 0 saturated carbocycles. The molecule has 1 amide bonds. The minimum absolute atomic E-state index is 0.0255. The molecule has 10 heteroatoms. The average molecular weight is 576 g/mol. The molecule has 0 bridgehead atoms. The SMILES string of the molecule is N#Cc1ccc(CN2CCC(CC(=O)c3ccc(C(=O)N4CCC(C(=O)c5ccc(N=[N+]=[N-])cc5)CC4)nc3)CC2)cc1. The van der Waals surface area contributed by atoms with Crippen LogP contribution in [0.4, 0.5) is 5.69 Å². The fourth-order valence-corrected chi connectivity index (χ4v) is 5.84. The number of rotatable bonds is 9. The second-order valence-corrected chi connectivity index (χ2v) is 11.3. The van der Waals surface area contributed by atoms with E-state index in [2.05, 4.69) is 26.0 Å². The predicted octanol–water partition coefficient (Wildman–Crippen LogP) is 6.12. The lowest BCUT2D eigenvalue weighted by molar-refractivity contribution is 0.0645. The Morgan fingerprint density at radius 2 is 1.58 bits per heavy atom. The molecule has 0 unspecified atom stereocenters. The van der Waals surface area contributed by atoms with E-state index in [1.54, 1.807) is 41.3 Å². The van der Waals surface area contributed by atoms with Crippen LogP contribution in [0.3, 0.4) is 0 Å². The van der Waals surface area contributed by atoms with Gasteiger partial charge in [-0.3, -0.25) is 24.3 Å². The number of carbonyl (C=O) groups is 3. The van der Waals surface area contributed by atoms with Crippen molar-refractivity contribution in [1.29, 1.82) is 5.26 Å². The van der Waals surface area contributed by atoms with Gasteiger partial charge in [0.2, 0.25) is 0 Å². The third kappa shape index (κ3) is 7.52. The van der Waals surface area contributed by atoms with Crippen molar-refractivity contribution in [2.24, 2.45) is 17.0 Å². The molecule has 2 saturated heterocycles. The third-order valence-corrected chi connectivity index (χ3v) is 8.44. The molecule has 2 aromatic carbocycles. The third-order valence-electron chi connectivity index (χ3n) is 8.44. The summed E-state index contributed by atoms with van der Waals surface area (Å²) in [7, 11) is 0. The van der Waals surface area contributed by atoms with E-state index in [1.807, 2.05) is 24.3 Å². The molecule has 0 atom stereocenters. The average Bonchev–Trinajstić information content (AvgIpc) is 3.06. The van der Waals surface area contributed by atoms with Gasteiger partial charge >= 0.3 is 0 Å². The van der Waals surface area contributed by atoms with Crippen LogP contribution >= 0.6 is 0 Å². The smallest absolute Gasteiger partial charge is 0.272 e. The molecule has 43 heavy (non-hydrogen) atoms. The first kappa shape index (κ1) is 29.6. The lowest BCUT2D eigenvalue weighted by Crippen LogP contribution is -2.40. The number of piperidine rings is 2. The molecule has 0 spiro atoms. The zero-order chi connectivity index (χ0) is 30.2. The van der Waals surface area contributed by atoms with Gasteiger partial charge in [-0.25, -0.2) is 0 Å². The zero-order valence-corrected chi connectivity index (χ0v) is 23.9. The summed E-state index contributed by atoms with van der Waals surface area (Å²) in [5, 5.41) is 12.5. The molecule has 5 rings (SSSR count). The first-order valence-corrected chi connectivity index (χ1v) is 14.6. The first-order valence-electron chi connectivity index (χ1n) is 14.6. The van der Waals surface area contributed by atoms with E-state index in [0.29, 0.717) is 66.3 Å². The topological polar surface area (TPSA) is 143 Å². The van der Waals surface area contributed by atoms with E-state index >= 15 is 0 Å². The number of azide groups is 1. The van der Waals surface area contributed by atoms with Gasteiger partial charge in [-0.05, 0) is 80.1 Å². The van der Waals surface area contributed by atoms with Gasteiger partial charge in [-0.2, -0.15) is 5.26 Å². The van der Waals surface area contributed by atoms with E-state index in [9.17, 15) is 14.4 Å². The Labute approximate surface area is 250 Å². The quantitative estimate of drug-likeness (QED) is 0.130. The summed E-state index contributed by atoms with van der Waals surface area (Å²) in [4.78, 5) is 50.1. The number of nitrogens with zero attached hydrogens (tertiary/aromatic N) is 7. The summed E-state index contributed by atoms with van der Waals surface area (Å²) >= 11 is 0. The maximum absolute atomic E-state index is 13.1. The highest BCUT2D eigenvalue weighted by atomic mass is 16.2. The van der Waals surface area contributed by atoms with Crippen LogP contribution in [-0.2, 0) is 6.54 Å².